The van der Waals surface area contributed by atoms with Crippen LogP contribution >= 0.6 is 23.4 Å². The van der Waals surface area contributed by atoms with Gasteiger partial charge in [0.05, 0.1) is 5.69 Å². The molecule has 0 saturated carbocycles. The Bertz CT molecular complexity index is 1170. The summed E-state index contributed by atoms with van der Waals surface area (Å²) in [7, 11) is 1.58. The Balaban J connectivity index is 1.37. The lowest BCUT2D eigenvalue weighted by Gasteiger charge is -2.40. The fraction of sp³-hybridized carbons (Fsp3) is 0.519. The van der Waals surface area contributed by atoms with Gasteiger partial charge in [-0.1, -0.05) is 17.7 Å². The molecule has 1 aromatic heterocycles. The monoisotopic (exact) mass is 529 g/mol. The number of amides is 1. The van der Waals surface area contributed by atoms with E-state index in [1.54, 1.807) is 24.9 Å². The molecule has 1 amide bonds. The Morgan fingerprint density at radius 2 is 1.92 bits per heavy atom. The number of hydrogen-bond donors (Lipinski definition) is 0. The van der Waals surface area contributed by atoms with E-state index in [0.29, 0.717) is 16.7 Å². The number of carbonyl (C=O) groups is 1. The number of aromatic nitrogens is 2. The number of rotatable bonds is 5. The third kappa shape index (κ3) is 5.22. The maximum atomic E-state index is 12.9. The van der Waals surface area contributed by atoms with E-state index in [1.807, 2.05) is 37.8 Å². The van der Waals surface area contributed by atoms with Crippen LogP contribution in [0, 0.1) is 5.92 Å². The highest BCUT2D eigenvalue weighted by Gasteiger charge is 2.46. The van der Waals surface area contributed by atoms with Crippen LogP contribution in [0.1, 0.15) is 52.1 Å². The maximum absolute atomic E-state index is 12.9. The minimum Gasteiger partial charge on any atom is -0.467 e. The molecule has 36 heavy (non-hydrogen) atoms. The number of hydrogen-bond acceptors (Lipinski definition) is 7. The summed E-state index contributed by atoms with van der Waals surface area (Å²) < 4.78 is 16.5. The van der Waals surface area contributed by atoms with E-state index in [9.17, 15) is 4.79 Å². The molecule has 0 N–H and O–H groups in total. The number of thioether (sulfide) groups is 1. The first kappa shape index (κ1) is 25.4. The summed E-state index contributed by atoms with van der Waals surface area (Å²) in [4.78, 5) is 16.0. The molecule has 2 bridgehead atoms. The minimum absolute atomic E-state index is 0.123. The zero-order valence-electron chi connectivity index (χ0n) is 21.1. The highest BCUT2D eigenvalue weighted by molar-refractivity contribution is 7.99. The predicted molar refractivity (Wildman–Crippen MR) is 141 cm³/mol. The number of nitrogens with zero attached hydrogens (tertiary/aromatic N) is 3. The summed E-state index contributed by atoms with van der Waals surface area (Å²) in [6.07, 6.45) is 6.04. The van der Waals surface area contributed by atoms with Gasteiger partial charge in [0.2, 0.25) is 0 Å². The van der Waals surface area contributed by atoms with Crippen LogP contribution in [-0.4, -0.2) is 58.5 Å². The third-order valence-corrected chi connectivity index (χ3v) is 8.09. The third-order valence-electron chi connectivity index (χ3n) is 6.90. The van der Waals surface area contributed by atoms with Crippen molar-refractivity contribution in [1.82, 2.24) is 15.1 Å². The molecule has 5 rings (SSSR count). The van der Waals surface area contributed by atoms with Crippen molar-refractivity contribution in [2.45, 2.75) is 69.0 Å². The summed E-state index contributed by atoms with van der Waals surface area (Å²) in [6.45, 7) is 5.89. The Morgan fingerprint density at radius 1 is 1.17 bits per heavy atom. The van der Waals surface area contributed by atoms with Gasteiger partial charge in [0.15, 0.2) is 6.79 Å². The van der Waals surface area contributed by atoms with Gasteiger partial charge in [-0.05, 0) is 82.2 Å². The Hall–Kier alpha value is -2.29. The van der Waals surface area contributed by atoms with Crippen molar-refractivity contribution in [2.75, 3.05) is 19.7 Å². The first-order chi connectivity index (χ1) is 17.2. The molecule has 9 heteroatoms. The smallest absolute Gasteiger partial charge is 0.410 e. The van der Waals surface area contributed by atoms with Crippen LogP contribution < -0.4 is 4.74 Å². The topological polar surface area (TPSA) is 73.8 Å². The summed E-state index contributed by atoms with van der Waals surface area (Å²) in [5.41, 5.74) is 3.30. The molecule has 2 saturated heterocycles. The lowest BCUT2D eigenvalue weighted by molar-refractivity contribution is 0.00489. The van der Waals surface area contributed by atoms with Gasteiger partial charge in [-0.2, -0.15) is 0 Å². The van der Waals surface area contributed by atoms with Gasteiger partial charge in [-0.25, -0.2) is 4.79 Å². The van der Waals surface area contributed by atoms with E-state index in [-0.39, 0.29) is 25.0 Å². The van der Waals surface area contributed by atoms with Crippen LogP contribution in [0.15, 0.2) is 35.2 Å². The number of methoxy groups -OCH3 is 1. The van der Waals surface area contributed by atoms with Crippen LogP contribution in [0.5, 0.6) is 5.75 Å². The normalized spacial score (nSPS) is 23.2. The number of allylic oxidation sites excluding steroid dienone is 1. The molecule has 4 heterocycles. The Morgan fingerprint density at radius 3 is 2.61 bits per heavy atom. The minimum atomic E-state index is -0.485. The summed E-state index contributed by atoms with van der Waals surface area (Å²) in [6, 6.07) is 8.01. The summed E-state index contributed by atoms with van der Waals surface area (Å²) in [5.74, 6) is 1.86. The van der Waals surface area contributed by atoms with Crippen LogP contribution in [0.25, 0.3) is 16.8 Å². The highest BCUT2D eigenvalue weighted by atomic mass is 35.5. The molecule has 192 valence electrons. The van der Waals surface area contributed by atoms with Gasteiger partial charge in [0, 0.05) is 40.4 Å². The quantitative estimate of drug-likeness (QED) is 0.412. The van der Waals surface area contributed by atoms with E-state index in [0.717, 1.165) is 53.3 Å². The standard InChI is InChI=1S/C27H32ClN3O4S/c1-27(2,3)35-26(32)31-18-6-7-19(31)12-16(11-18)20-9-10-36-24-14-22(29-30-25(20)24)21-8-5-17(28)13-23(21)34-15-33-4/h5,8-9,13-14,16,18-19H,6-7,10-12,15H2,1-4H3/t16-,18-,19+. The second-order valence-corrected chi connectivity index (χ2v) is 12.0. The fourth-order valence-electron chi connectivity index (χ4n) is 5.49. The predicted octanol–water partition coefficient (Wildman–Crippen LogP) is 6.45. The number of fused-ring (bicyclic) bond motifs is 3. The SMILES string of the molecule is COCOc1cc(Cl)ccc1-c1cc2c(nn1)C([C@@H]1C[C@H]3CC[C@@H](C1)N3C(=O)OC(C)(C)C)=CCS2. The van der Waals surface area contributed by atoms with Crippen molar-refractivity contribution in [2.24, 2.45) is 5.92 Å². The van der Waals surface area contributed by atoms with E-state index in [1.165, 1.54) is 5.57 Å². The number of halogens is 1. The number of ether oxygens (including phenoxy) is 3. The zero-order chi connectivity index (χ0) is 25.4. The van der Waals surface area contributed by atoms with Crippen LogP contribution in [-0.2, 0) is 9.47 Å². The molecule has 2 aromatic rings. The molecule has 0 unspecified atom stereocenters. The van der Waals surface area contributed by atoms with Crippen molar-refractivity contribution < 1.29 is 19.0 Å². The first-order valence-corrected chi connectivity index (χ1v) is 13.7. The van der Waals surface area contributed by atoms with Crippen LogP contribution in [0.4, 0.5) is 4.79 Å². The Labute approximate surface area is 221 Å². The Kier molecular flexibility index (Phi) is 7.21. The van der Waals surface area contributed by atoms with Gasteiger partial charge in [-0.15, -0.1) is 22.0 Å². The van der Waals surface area contributed by atoms with E-state index >= 15 is 0 Å². The number of benzene rings is 1. The molecular weight excluding hydrogens is 498 g/mol. The van der Waals surface area contributed by atoms with Gasteiger partial charge in [-0.3, -0.25) is 0 Å². The van der Waals surface area contributed by atoms with Crippen molar-refractivity contribution in [3.8, 4) is 17.0 Å². The van der Waals surface area contributed by atoms with E-state index < -0.39 is 5.60 Å². The largest absolute Gasteiger partial charge is 0.467 e. The van der Waals surface area contributed by atoms with Gasteiger partial charge in [0.1, 0.15) is 17.0 Å². The average Bonchev–Trinajstić information content (AvgIpc) is 3.11. The highest BCUT2D eigenvalue weighted by Crippen LogP contribution is 2.47. The molecule has 3 aliphatic rings. The molecule has 0 spiro atoms. The van der Waals surface area contributed by atoms with Gasteiger partial charge < -0.3 is 19.1 Å². The van der Waals surface area contributed by atoms with E-state index in [2.05, 4.69) is 17.2 Å². The molecular formula is C27H32ClN3O4S. The summed E-state index contributed by atoms with van der Waals surface area (Å²) >= 11 is 7.96. The second kappa shape index (κ2) is 10.2. The lowest BCUT2D eigenvalue weighted by atomic mass is 9.83. The molecule has 7 nitrogen and oxygen atoms in total. The average molecular weight is 530 g/mol. The van der Waals surface area contributed by atoms with E-state index in [4.69, 9.17) is 30.9 Å². The molecule has 3 atom stereocenters. The molecule has 3 aliphatic heterocycles. The molecule has 1 aromatic carbocycles. The lowest BCUT2D eigenvalue weighted by Crippen LogP contribution is -2.48. The molecule has 0 radical (unpaired) electrons. The van der Waals surface area contributed by atoms with Crippen molar-refractivity contribution in [1.29, 1.82) is 0 Å². The maximum Gasteiger partial charge on any atom is 0.410 e. The number of piperidine rings is 1. The van der Waals surface area contributed by atoms with Crippen LogP contribution in [0.2, 0.25) is 5.02 Å². The number of carbonyl (C=O) groups excluding carboxylic acids is 1. The zero-order valence-corrected chi connectivity index (χ0v) is 22.7. The molecule has 2 fully saturated rings. The van der Waals surface area contributed by atoms with Crippen molar-refractivity contribution in [3.63, 3.8) is 0 Å². The molecule has 0 aliphatic carbocycles. The fourth-order valence-corrected chi connectivity index (χ4v) is 6.58. The second-order valence-electron chi connectivity index (χ2n) is 10.5. The van der Waals surface area contributed by atoms with Crippen LogP contribution in [0.3, 0.4) is 0 Å². The first-order valence-electron chi connectivity index (χ1n) is 12.4. The van der Waals surface area contributed by atoms with Gasteiger partial charge in [0.25, 0.3) is 0 Å². The van der Waals surface area contributed by atoms with Gasteiger partial charge >= 0.3 is 6.09 Å². The summed E-state index contributed by atoms with van der Waals surface area (Å²) in [5, 5.41) is 9.88. The van der Waals surface area contributed by atoms with Crippen molar-refractivity contribution >= 4 is 35.0 Å². The van der Waals surface area contributed by atoms with Crippen molar-refractivity contribution in [3.05, 3.63) is 41.1 Å².